The number of nitrogens with two attached hydrogens (primary N) is 1. The lowest BCUT2D eigenvalue weighted by atomic mass is 9.86. The zero-order valence-electron chi connectivity index (χ0n) is 10.4. The van der Waals surface area contributed by atoms with E-state index in [-0.39, 0.29) is 25.1 Å². The second-order valence-corrected chi connectivity index (χ2v) is 6.36. The van der Waals surface area contributed by atoms with E-state index in [0.717, 1.165) is 4.31 Å². The molecule has 1 fully saturated rings. The van der Waals surface area contributed by atoms with Crippen LogP contribution in [0.5, 0.6) is 0 Å². The van der Waals surface area contributed by atoms with Crippen LogP contribution in [0.15, 0.2) is 24.3 Å². The summed E-state index contributed by atoms with van der Waals surface area (Å²) in [5.74, 6) is -0.478. The van der Waals surface area contributed by atoms with Crippen LogP contribution < -0.4 is 5.14 Å². The van der Waals surface area contributed by atoms with Gasteiger partial charge in [-0.05, 0) is 25.3 Å². The van der Waals surface area contributed by atoms with E-state index < -0.39 is 21.6 Å². The average Bonchev–Trinajstić information content (AvgIpc) is 2.52. The first kappa shape index (κ1) is 14.4. The molecule has 3 N–H and O–H groups in total. The van der Waals surface area contributed by atoms with Crippen molar-refractivity contribution in [1.29, 1.82) is 0 Å². The summed E-state index contributed by atoms with van der Waals surface area (Å²) in [5.41, 5.74) is -1.13. The normalized spacial score (nSPS) is 26.1. The van der Waals surface area contributed by atoms with Crippen molar-refractivity contribution in [2.45, 2.75) is 24.9 Å². The highest BCUT2D eigenvalue weighted by Gasteiger charge is 2.35. The van der Waals surface area contributed by atoms with E-state index >= 15 is 0 Å². The van der Waals surface area contributed by atoms with Crippen molar-refractivity contribution in [3.63, 3.8) is 0 Å². The summed E-state index contributed by atoms with van der Waals surface area (Å²) >= 11 is 0. The number of halogens is 1. The summed E-state index contributed by atoms with van der Waals surface area (Å²) in [7, 11) is -3.76. The Morgan fingerprint density at radius 2 is 1.95 bits per heavy atom. The van der Waals surface area contributed by atoms with Crippen LogP contribution in [0, 0.1) is 5.82 Å². The molecule has 1 unspecified atom stereocenters. The minimum atomic E-state index is -3.76. The summed E-state index contributed by atoms with van der Waals surface area (Å²) in [6.45, 7) is 0.333. The first-order valence-corrected chi connectivity index (χ1v) is 7.58. The molecule has 0 spiro atoms. The third-order valence-corrected chi connectivity index (χ3v) is 4.59. The molecule has 0 aliphatic carbocycles. The van der Waals surface area contributed by atoms with Crippen molar-refractivity contribution >= 4 is 10.2 Å². The fourth-order valence-electron chi connectivity index (χ4n) is 2.46. The molecule has 0 bridgehead atoms. The number of benzene rings is 1. The molecule has 106 valence electrons. The lowest BCUT2D eigenvalue weighted by Crippen LogP contribution is -2.38. The molecule has 2 rings (SSSR count). The van der Waals surface area contributed by atoms with Gasteiger partial charge in [0.1, 0.15) is 5.82 Å². The standard InChI is InChI=1S/C12H17FN2O3S/c13-11-5-2-1-4-10(11)12(16)6-3-8-15(9-7-12)19(14,17)18/h1-2,4-5,16H,3,6-9H2,(H2,14,17,18). The molecule has 0 radical (unpaired) electrons. The zero-order valence-corrected chi connectivity index (χ0v) is 11.2. The van der Waals surface area contributed by atoms with Crippen LogP contribution in [-0.4, -0.2) is 30.9 Å². The molecule has 0 saturated carbocycles. The first-order valence-electron chi connectivity index (χ1n) is 6.08. The summed E-state index contributed by atoms with van der Waals surface area (Å²) in [5, 5.41) is 15.7. The molecule has 1 aromatic rings. The van der Waals surface area contributed by atoms with Gasteiger partial charge in [0.05, 0.1) is 5.60 Å². The Morgan fingerprint density at radius 3 is 2.58 bits per heavy atom. The highest BCUT2D eigenvalue weighted by atomic mass is 32.2. The molecular formula is C12H17FN2O3S. The highest BCUT2D eigenvalue weighted by molar-refractivity contribution is 7.86. The largest absolute Gasteiger partial charge is 0.385 e. The van der Waals surface area contributed by atoms with E-state index in [1.165, 1.54) is 12.1 Å². The second kappa shape index (κ2) is 5.16. The molecule has 1 heterocycles. The fourth-order valence-corrected chi connectivity index (χ4v) is 3.19. The molecule has 0 amide bonds. The van der Waals surface area contributed by atoms with Gasteiger partial charge in [-0.15, -0.1) is 0 Å². The van der Waals surface area contributed by atoms with Crippen molar-refractivity contribution in [2.75, 3.05) is 13.1 Å². The van der Waals surface area contributed by atoms with E-state index in [9.17, 15) is 17.9 Å². The van der Waals surface area contributed by atoms with Crippen molar-refractivity contribution in [1.82, 2.24) is 4.31 Å². The van der Waals surface area contributed by atoms with Gasteiger partial charge in [0, 0.05) is 18.7 Å². The van der Waals surface area contributed by atoms with Gasteiger partial charge >= 0.3 is 0 Å². The average molecular weight is 288 g/mol. The van der Waals surface area contributed by atoms with Crippen LogP contribution in [0.3, 0.4) is 0 Å². The van der Waals surface area contributed by atoms with Crippen molar-refractivity contribution in [3.8, 4) is 0 Å². The summed E-state index contributed by atoms with van der Waals surface area (Å²) < 4.78 is 37.5. The van der Waals surface area contributed by atoms with Crippen LogP contribution in [0.25, 0.3) is 0 Å². The monoisotopic (exact) mass is 288 g/mol. The van der Waals surface area contributed by atoms with Crippen LogP contribution in [0.1, 0.15) is 24.8 Å². The van der Waals surface area contributed by atoms with E-state index in [1.807, 2.05) is 0 Å². The van der Waals surface area contributed by atoms with Crippen molar-refractivity contribution in [3.05, 3.63) is 35.6 Å². The predicted octanol–water partition coefficient (Wildman–Crippen LogP) is 0.703. The third-order valence-electron chi connectivity index (χ3n) is 3.51. The molecule has 1 saturated heterocycles. The molecular weight excluding hydrogens is 271 g/mol. The van der Waals surface area contributed by atoms with Gasteiger partial charge in [-0.2, -0.15) is 12.7 Å². The van der Waals surface area contributed by atoms with E-state index in [1.54, 1.807) is 12.1 Å². The summed E-state index contributed by atoms with van der Waals surface area (Å²) in [4.78, 5) is 0. The zero-order chi connectivity index (χ0) is 14.1. The van der Waals surface area contributed by atoms with Gasteiger partial charge in [-0.3, -0.25) is 0 Å². The SMILES string of the molecule is NS(=O)(=O)N1CCCC(O)(c2ccccc2F)CC1. The van der Waals surface area contributed by atoms with Gasteiger partial charge in [0.2, 0.25) is 0 Å². The quantitative estimate of drug-likeness (QED) is 0.840. The maximum atomic E-state index is 13.8. The van der Waals surface area contributed by atoms with Gasteiger partial charge < -0.3 is 5.11 Å². The lowest BCUT2D eigenvalue weighted by Gasteiger charge is -2.27. The molecule has 1 aliphatic rings. The van der Waals surface area contributed by atoms with Crippen LogP contribution in [0.4, 0.5) is 4.39 Å². The third kappa shape index (κ3) is 3.11. The topological polar surface area (TPSA) is 83.6 Å². The lowest BCUT2D eigenvalue weighted by molar-refractivity contribution is 0.0194. The van der Waals surface area contributed by atoms with Gasteiger partial charge in [-0.25, -0.2) is 9.53 Å². The number of nitrogens with zero attached hydrogens (tertiary/aromatic N) is 1. The number of aliphatic hydroxyl groups is 1. The van der Waals surface area contributed by atoms with Gasteiger partial charge in [0.15, 0.2) is 0 Å². The molecule has 1 aliphatic heterocycles. The Morgan fingerprint density at radius 1 is 1.26 bits per heavy atom. The number of rotatable bonds is 2. The maximum absolute atomic E-state index is 13.8. The minimum absolute atomic E-state index is 0.0870. The molecule has 19 heavy (non-hydrogen) atoms. The summed E-state index contributed by atoms with van der Waals surface area (Å²) in [6, 6.07) is 6.02. The Bertz CT molecular complexity index is 564. The maximum Gasteiger partial charge on any atom is 0.276 e. The van der Waals surface area contributed by atoms with Crippen LogP contribution >= 0.6 is 0 Å². The Kier molecular flexibility index (Phi) is 3.91. The molecule has 1 aromatic carbocycles. The smallest absolute Gasteiger partial charge is 0.276 e. The van der Waals surface area contributed by atoms with Crippen LogP contribution in [-0.2, 0) is 15.8 Å². The number of hydrogen-bond donors (Lipinski definition) is 2. The second-order valence-electron chi connectivity index (χ2n) is 4.81. The fraction of sp³-hybridized carbons (Fsp3) is 0.500. The van der Waals surface area contributed by atoms with E-state index in [0.29, 0.717) is 12.8 Å². The minimum Gasteiger partial charge on any atom is -0.385 e. The molecule has 1 atom stereocenters. The number of hydrogen-bond acceptors (Lipinski definition) is 3. The van der Waals surface area contributed by atoms with Crippen molar-refractivity contribution in [2.24, 2.45) is 5.14 Å². The Hall–Kier alpha value is -1.02. The van der Waals surface area contributed by atoms with Crippen molar-refractivity contribution < 1.29 is 17.9 Å². The Balaban J connectivity index is 2.25. The molecule has 5 nitrogen and oxygen atoms in total. The van der Waals surface area contributed by atoms with Crippen LogP contribution in [0.2, 0.25) is 0 Å². The summed E-state index contributed by atoms with van der Waals surface area (Å²) in [6.07, 6.45) is 0.867. The van der Waals surface area contributed by atoms with E-state index in [2.05, 4.69) is 0 Å². The highest BCUT2D eigenvalue weighted by Crippen LogP contribution is 2.34. The predicted molar refractivity (Wildman–Crippen MR) is 68.8 cm³/mol. The molecule has 7 heteroatoms. The first-order chi connectivity index (χ1) is 8.83. The van der Waals surface area contributed by atoms with Gasteiger partial charge in [0.25, 0.3) is 10.2 Å². The van der Waals surface area contributed by atoms with Gasteiger partial charge in [-0.1, -0.05) is 18.2 Å². The molecule has 0 aromatic heterocycles. The van der Waals surface area contributed by atoms with E-state index in [4.69, 9.17) is 5.14 Å². The Labute approximate surface area is 112 Å².